The molecule has 3 N–H and O–H groups in total. The SMILES string of the molecule is C=C/C(=C\C=C/C)c1nc(Nc2ccc(F)cc2C(N)=O)c2cc(OC)ccc2n1.CC. The van der Waals surface area contributed by atoms with Crippen LogP contribution >= 0.6 is 0 Å². The lowest BCUT2D eigenvalue weighted by atomic mass is 10.1. The van der Waals surface area contributed by atoms with Gasteiger partial charge >= 0.3 is 0 Å². The number of hydrogen-bond acceptors (Lipinski definition) is 5. The van der Waals surface area contributed by atoms with Gasteiger partial charge in [0.15, 0.2) is 5.82 Å². The summed E-state index contributed by atoms with van der Waals surface area (Å²) in [6.45, 7) is 9.73. The minimum Gasteiger partial charge on any atom is -0.497 e. The Bertz CT molecular complexity index is 1190. The Morgan fingerprint density at radius 3 is 2.56 bits per heavy atom. The van der Waals surface area contributed by atoms with E-state index in [0.717, 1.165) is 6.07 Å². The van der Waals surface area contributed by atoms with Crippen LogP contribution in [0.5, 0.6) is 5.75 Å². The number of carbonyl (C=O) groups excluding carboxylic acids is 1. The topological polar surface area (TPSA) is 90.1 Å². The van der Waals surface area contributed by atoms with Crippen molar-refractivity contribution >= 4 is 33.9 Å². The average Bonchev–Trinajstić information content (AvgIpc) is 2.81. The zero-order valence-electron chi connectivity index (χ0n) is 18.6. The lowest BCUT2D eigenvalue weighted by Gasteiger charge is -2.14. The molecule has 0 radical (unpaired) electrons. The van der Waals surface area contributed by atoms with Gasteiger partial charge in [-0.15, -0.1) is 0 Å². The molecule has 3 aromatic rings. The molecule has 32 heavy (non-hydrogen) atoms. The molecule has 1 heterocycles. The maximum Gasteiger partial charge on any atom is 0.250 e. The molecule has 0 atom stereocenters. The van der Waals surface area contributed by atoms with Crippen LogP contribution in [0.2, 0.25) is 0 Å². The van der Waals surface area contributed by atoms with Crippen LogP contribution in [0.3, 0.4) is 0 Å². The van der Waals surface area contributed by atoms with E-state index in [-0.39, 0.29) is 5.56 Å². The molecule has 0 aliphatic rings. The minimum atomic E-state index is -0.757. The molecule has 1 aromatic heterocycles. The molecule has 2 aromatic carbocycles. The van der Waals surface area contributed by atoms with Crippen LogP contribution in [-0.4, -0.2) is 23.0 Å². The Hall–Kier alpha value is -4.00. The highest BCUT2D eigenvalue weighted by molar-refractivity contribution is 6.01. The van der Waals surface area contributed by atoms with Gasteiger partial charge in [-0.05, 0) is 43.3 Å². The molecular formula is C25H27FN4O2. The lowest BCUT2D eigenvalue weighted by Crippen LogP contribution is -2.14. The van der Waals surface area contributed by atoms with Gasteiger partial charge < -0.3 is 15.8 Å². The standard InChI is InChI=1S/C23H21FN4O2.C2H6/c1-4-6-7-14(5-2)22-26-20-11-9-16(30-3)13-18(20)23(28-22)27-19-10-8-15(24)12-17(19)21(25)29;1-2/h4-13H,2H2,1,3H3,(H2,25,29)(H,26,27,28);1-2H3/b6-4-,14-7+;. The number of ether oxygens (including phenoxy) is 1. The first kappa shape index (κ1) is 24.3. The molecule has 0 aliphatic heterocycles. The van der Waals surface area contributed by atoms with E-state index in [9.17, 15) is 9.18 Å². The summed E-state index contributed by atoms with van der Waals surface area (Å²) in [5, 5.41) is 3.76. The fourth-order valence-corrected chi connectivity index (χ4v) is 2.85. The van der Waals surface area contributed by atoms with Gasteiger partial charge in [-0.2, -0.15) is 0 Å². The summed E-state index contributed by atoms with van der Waals surface area (Å²) in [5.41, 5.74) is 7.13. The maximum atomic E-state index is 13.6. The number of anilines is 2. The van der Waals surface area contributed by atoms with Crippen LogP contribution in [0, 0.1) is 5.82 Å². The van der Waals surface area contributed by atoms with Crippen molar-refractivity contribution in [1.82, 2.24) is 9.97 Å². The number of nitrogens with zero attached hydrogens (tertiary/aromatic N) is 2. The number of halogens is 1. The largest absolute Gasteiger partial charge is 0.497 e. The van der Waals surface area contributed by atoms with Gasteiger partial charge in [0.05, 0.1) is 23.9 Å². The predicted octanol–water partition coefficient (Wildman–Crippen LogP) is 5.79. The Labute approximate surface area is 187 Å². The summed E-state index contributed by atoms with van der Waals surface area (Å²) in [7, 11) is 1.56. The predicted molar refractivity (Wildman–Crippen MR) is 129 cm³/mol. The normalized spacial score (nSPS) is 11.1. The van der Waals surface area contributed by atoms with E-state index in [1.54, 1.807) is 31.4 Å². The number of aromatic nitrogens is 2. The average molecular weight is 435 g/mol. The quantitative estimate of drug-likeness (QED) is 0.459. The number of amides is 1. The van der Waals surface area contributed by atoms with Crippen LogP contribution in [0.25, 0.3) is 16.5 Å². The van der Waals surface area contributed by atoms with Crippen LogP contribution < -0.4 is 15.8 Å². The molecule has 166 valence electrons. The molecule has 1 amide bonds. The van der Waals surface area contributed by atoms with Gasteiger partial charge in [-0.25, -0.2) is 14.4 Å². The Morgan fingerprint density at radius 2 is 1.94 bits per heavy atom. The van der Waals surface area contributed by atoms with Gasteiger partial charge in [0.25, 0.3) is 5.91 Å². The maximum absolute atomic E-state index is 13.6. The lowest BCUT2D eigenvalue weighted by molar-refractivity contribution is 0.100. The number of methoxy groups -OCH3 is 1. The number of benzene rings is 2. The highest BCUT2D eigenvalue weighted by atomic mass is 19.1. The highest BCUT2D eigenvalue weighted by Crippen LogP contribution is 2.30. The van der Waals surface area contributed by atoms with Crippen molar-refractivity contribution in [3.05, 3.63) is 84.5 Å². The third-order valence-electron chi connectivity index (χ3n) is 4.35. The number of rotatable bonds is 7. The number of nitrogens with two attached hydrogens (primary N) is 1. The number of primary amides is 1. The monoisotopic (exact) mass is 434 g/mol. The van der Waals surface area contributed by atoms with Crippen molar-refractivity contribution in [3.8, 4) is 5.75 Å². The molecule has 0 bridgehead atoms. The zero-order chi connectivity index (χ0) is 23.7. The zero-order valence-corrected chi connectivity index (χ0v) is 18.6. The number of fused-ring (bicyclic) bond motifs is 1. The first-order chi connectivity index (χ1) is 15.5. The number of allylic oxidation sites excluding steroid dienone is 5. The molecular weight excluding hydrogens is 407 g/mol. The molecule has 0 saturated carbocycles. The number of carbonyl (C=O) groups is 1. The summed E-state index contributed by atoms with van der Waals surface area (Å²) in [5.74, 6) is 0.146. The van der Waals surface area contributed by atoms with Gasteiger partial charge in [0.1, 0.15) is 17.4 Å². The third kappa shape index (κ3) is 5.57. The summed E-state index contributed by atoms with van der Waals surface area (Å²) < 4.78 is 18.9. The van der Waals surface area contributed by atoms with Crippen LogP contribution in [0.1, 0.15) is 37.0 Å². The highest BCUT2D eigenvalue weighted by Gasteiger charge is 2.15. The van der Waals surface area contributed by atoms with Gasteiger partial charge in [-0.1, -0.05) is 44.7 Å². The molecule has 0 aliphatic carbocycles. The number of nitrogens with one attached hydrogen (secondary N) is 1. The van der Waals surface area contributed by atoms with Crippen molar-refractivity contribution in [3.63, 3.8) is 0 Å². The fraction of sp³-hybridized carbons (Fsp3) is 0.160. The summed E-state index contributed by atoms with van der Waals surface area (Å²) >= 11 is 0. The Morgan fingerprint density at radius 1 is 1.19 bits per heavy atom. The first-order valence-electron chi connectivity index (χ1n) is 10.1. The van der Waals surface area contributed by atoms with E-state index < -0.39 is 11.7 Å². The molecule has 6 nitrogen and oxygen atoms in total. The summed E-state index contributed by atoms with van der Waals surface area (Å²) in [6, 6.07) is 9.13. The first-order valence-corrected chi connectivity index (χ1v) is 10.1. The van der Waals surface area contributed by atoms with Gasteiger partial charge in [0, 0.05) is 11.0 Å². The molecule has 0 unspecified atom stereocenters. The van der Waals surface area contributed by atoms with Crippen LogP contribution in [0.15, 0.2) is 67.3 Å². The smallest absolute Gasteiger partial charge is 0.250 e. The Balaban J connectivity index is 0.00000176. The van der Waals surface area contributed by atoms with Crippen LogP contribution in [0.4, 0.5) is 15.9 Å². The van der Waals surface area contributed by atoms with E-state index in [2.05, 4.69) is 21.9 Å². The molecule has 3 rings (SSSR count). The van der Waals surface area contributed by atoms with Gasteiger partial charge in [-0.3, -0.25) is 4.79 Å². The van der Waals surface area contributed by atoms with E-state index in [1.807, 2.05) is 39.0 Å². The van der Waals surface area contributed by atoms with E-state index in [1.165, 1.54) is 12.1 Å². The molecule has 0 saturated heterocycles. The van der Waals surface area contributed by atoms with E-state index in [0.29, 0.717) is 39.6 Å². The second-order valence-corrected chi connectivity index (χ2v) is 6.31. The van der Waals surface area contributed by atoms with Crippen molar-refractivity contribution in [2.75, 3.05) is 12.4 Å². The summed E-state index contributed by atoms with van der Waals surface area (Å²) in [6.07, 6.45) is 7.23. The fourth-order valence-electron chi connectivity index (χ4n) is 2.85. The second kappa shape index (κ2) is 11.4. The van der Waals surface area contributed by atoms with Crippen molar-refractivity contribution in [2.45, 2.75) is 20.8 Å². The van der Waals surface area contributed by atoms with Crippen molar-refractivity contribution < 1.29 is 13.9 Å². The molecule has 0 fully saturated rings. The second-order valence-electron chi connectivity index (χ2n) is 6.31. The van der Waals surface area contributed by atoms with Crippen molar-refractivity contribution in [2.24, 2.45) is 5.73 Å². The van der Waals surface area contributed by atoms with Gasteiger partial charge in [0.2, 0.25) is 0 Å². The minimum absolute atomic E-state index is 0.0135. The summed E-state index contributed by atoms with van der Waals surface area (Å²) in [4.78, 5) is 21.0. The van der Waals surface area contributed by atoms with Crippen molar-refractivity contribution in [1.29, 1.82) is 0 Å². The van der Waals surface area contributed by atoms with Crippen LogP contribution in [-0.2, 0) is 0 Å². The number of hydrogen-bond donors (Lipinski definition) is 2. The molecule has 0 spiro atoms. The van der Waals surface area contributed by atoms with E-state index >= 15 is 0 Å². The Kier molecular flexibility index (Phi) is 8.65. The molecule has 7 heteroatoms. The van der Waals surface area contributed by atoms with E-state index in [4.69, 9.17) is 10.5 Å². The third-order valence-corrected chi connectivity index (χ3v) is 4.35.